The van der Waals surface area contributed by atoms with Gasteiger partial charge in [-0.25, -0.2) is 0 Å². The molecular formula is C30H61N3O. The number of hydrogen-bond acceptors (Lipinski definition) is 3. The van der Waals surface area contributed by atoms with Gasteiger partial charge < -0.3 is 15.1 Å². The number of rotatable bonds is 23. The quantitative estimate of drug-likeness (QED) is 0.154. The van der Waals surface area contributed by atoms with Crippen molar-refractivity contribution in [2.24, 2.45) is 0 Å². The summed E-state index contributed by atoms with van der Waals surface area (Å²) < 4.78 is 0. The van der Waals surface area contributed by atoms with Crippen LogP contribution in [-0.2, 0) is 4.79 Å². The highest BCUT2D eigenvalue weighted by molar-refractivity contribution is 5.76. The number of likely N-dealkylation sites (tertiary alicyclic amines) is 1. The molecule has 1 fully saturated rings. The maximum absolute atomic E-state index is 12.9. The molecule has 34 heavy (non-hydrogen) atoms. The van der Waals surface area contributed by atoms with Crippen molar-refractivity contribution >= 4 is 5.91 Å². The summed E-state index contributed by atoms with van der Waals surface area (Å²) in [5, 5.41) is 3.58. The smallest absolute Gasteiger partial charge is 0.222 e. The molecule has 0 aromatic heterocycles. The molecular weight excluding hydrogens is 418 g/mol. The van der Waals surface area contributed by atoms with Crippen LogP contribution in [0.15, 0.2) is 0 Å². The molecule has 4 nitrogen and oxygen atoms in total. The maximum atomic E-state index is 12.9. The lowest BCUT2D eigenvalue weighted by atomic mass is 9.98. The summed E-state index contributed by atoms with van der Waals surface area (Å²) in [4.78, 5) is 17.3. The zero-order valence-corrected chi connectivity index (χ0v) is 23.6. The second-order valence-electron chi connectivity index (χ2n) is 11.1. The fourth-order valence-electron chi connectivity index (χ4n) is 5.33. The van der Waals surface area contributed by atoms with Gasteiger partial charge in [0.1, 0.15) is 0 Å². The lowest BCUT2D eigenvalue weighted by molar-refractivity contribution is -0.135. The Hall–Kier alpha value is -0.610. The molecule has 1 aliphatic heterocycles. The Bertz CT molecular complexity index is 454. The van der Waals surface area contributed by atoms with Crippen molar-refractivity contribution in [1.82, 2.24) is 15.1 Å². The van der Waals surface area contributed by atoms with Crippen molar-refractivity contribution in [3.05, 3.63) is 0 Å². The number of hydrogen-bond donors (Lipinski definition) is 1. The molecule has 1 atom stereocenters. The van der Waals surface area contributed by atoms with Crippen LogP contribution >= 0.6 is 0 Å². The minimum absolute atomic E-state index is 0.423. The summed E-state index contributed by atoms with van der Waals surface area (Å²) in [6.07, 6.45) is 27.4. The Labute approximate surface area is 214 Å². The first-order valence-electron chi connectivity index (χ1n) is 15.3. The molecule has 1 saturated heterocycles. The highest BCUT2D eigenvalue weighted by atomic mass is 16.2. The molecule has 1 amide bonds. The van der Waals surface area contributed by atoms with Crippen LogP contribution in [0.3, 0.4) is 0 Å². The summed E-state index contributed by atoms with van der Waals surface area (Å²) >= 11 is 0. The number of piperidine rings is 1. The van der Waals surface area contributed by atoms with Gasteiger partial charge in [-0.1, -0.05) is 96.8 Å². The lowest BCUT2D eigenvalue weighted by Crippen LogP contribution is -2.45. The zero-order valence-electron chi connectivity index (χ0n) is 23.6. The maximum Gasteiger partial charge on any atom is 0.222 e. The number of unbranched alkanes of at least 4 members (excludes halogenated alkanes) is 14. The van der Waals surface area contributed by atoms with Gasteiger partial charge in [0.15, 0.2) is 0 Å². The summed E-state index contributed by atoms with van der Waals surface area (Å²) in [7, 11) is 4.26. The molecule has 0 radical (unpaired) electrons. The average molecular weight is 480 g/mol. The first kappa shape index (κ1) is 31.4. The first-order chi connectivity index (χ1) is 16.6. The van der Waals surface area contributed by atoms with Crippen LogP contribution in [0.4, 0.5) is 0 Å². The highest BCUT2D eigenvalue weighted by Gasteiger charge is 2.25. The SMILES string of the molecule is CCCCCCCCCCCCCCCCCC(=O)N1CCCCC1CCNCCCN(C)C. The second-order valence-corrected chi connectivity index (χ2v) is 11.1. The molecule has 1 aliphatic rings. The van der Waals surface area contributed by atoms with Crippen LogP contribution < -0.4 is 5.32 Å². The van der Waals surface area contributed by atoms with E-state index in [1.165, 1.54) is 116 Å². The standard InChI is InChI=1S/C30H61N3O/c1-4-5-6-7-8-9-10-11-12-13-14-15-16-17-18-23-30(34)33-28-20-19-22-29(33)24-26-31-25-21-27-32(2)3/h29,31H,4-28H2,1-3H3. The van der Waals surface area contributed by atoms with E-state index in [9.17, 15) is 4.79 Å². The van der Waals surface area contributed by atoms with Crippen LogP contribution in [-0.4, -0.2) is 62.0 Å². The normalized spacial score (nSPS) is 16.5. The largest absolute Gasteiger partial charge is 0.340 e. The summed E-state index contributed by atoms with van der Waals surface area (Å²) in [6.45, 7) is 6.54. The molecule has 1 N–H and O–H groups in total. The Morgan fingerprint density at radius 3 is 1.88 bits per heavy atom. The second kappa shape index (κ2) is 22.8. The van der Waals surface area contributed by atoms with Crippen molar-refractivity contribution in [1.29, 1.82) is 0 Å². The van der Waals surface area contributed by atoms with Crippen LogP contribution in [0, 0.1) is 0 Å². The molecule has 1 rings (SSSR count). The van der Waals surface area contributed by atoms with Gasteiger partial charge in [-0.05, 0) is 72.3 Å². The van der Waals surface area contributed by atoms with Crippen molar-refractivity contribution in [3.63, 3.8) is 0 Å². The minimum Gasteiger partial charge on any atom is -0.340 e. The molecule has 202 valence electrons. The highest BCUT2D eigenvalue weighted by Crippen LogP contribution is 2.21. The van der Waals surface area contributed by atoms with Gasteiger partial charge in [0.2, 0.25) is 5.91 Å². The number of nitrogens with zero attached hydrogens (tertiary/aromatic N) is 2. The van der Waals surface area contributed by atoms with Crippen molar-refractivity contribution < 1.29 is 4.79 Å². The van der Waals surface area contributed by atoms with Gasteiger partial charge in [-0.15, -0.1) is 0 Å². The van der Waals surface area contributed by atoms with E-state index in [-0.39, 0.29) is 0 Å². The van der Waals surface area contributed by atoms with Crippen LogP contribution in [0.5, 0.6) is 0 Å². The molecule has 0 bridgehead atoms. The molecule has 0 aromatic carbocycles. The molecule has 1 heterocycles. The summed E-state index contributed by atoms with van der Waals surface area (Å²) in [5.41, 5.74) is 0. The Morgan fingerprint density at radius 1 is 0.765 bits per heavy atom. The Kier molecular flexibility index (Phi) is 21.1. The van der Waals surface area contributed by atoms with Gasteiger partial charge in [-0.2, -0.15) is 0 Å². The summed E-state index contributed by atoms with van der Waals surface area (Å²) in [5.74, 6) is 0.423. The number of nitrogens with one attached hydrogen (secondary N) is 1. The van der Waals surface area contributed by atoms with E-state index in [1.807, 2.05) is 0 Å². The summed E-state index contributed by atoms with van der Waals surface area (Å²) in [6, 6.07) is 0.471. The monoisotopic (exact) mass is 479 g/mol. The van der Waals surface area contributed by atoms with Crippen LogP contribution in [0.2, 0.25) is 0 Å². The molecule has 0 aliphatic carbocycles. The molecule has 0 aromatic rings. The van der Waals surface area contributed by atoms with Crippen molar-refractivity contribution in [3.8, 4) is 0 Å². The van der Waals surface area contributed by atoms with E-state index >= 15 is 0 Å². The van der Waals surface area contributed by atoms with E-state index in [2.05, 4.69) is 36.1 Å². The Morgan fingerprint density at radius 2 is 1.32 bits per heavy atom. The molecule has 0 saturated carbocycles. The lowest BCUT2D eigenvalue weighted by Gasteiger charge is -2.36. The van der Waals surface area contributed by atoms with Gasteiger partial charge in [-0.3, -0.25) is 4.79 Å². The molecule has 4 heteroatoms. The predicted octanol–water partition coefficient (Wildman–Crippen LogP) is 7.56. The number of amides is 1. The van der Waals surface area contributed by atoms with Gasteiger partial charge >= 0.3 is 0 Å². The predicted molar refractivity (Wildman–Crippen MR) is 150 cm³/mol. The molecule has 1 unspecified atom stereocenters. The van der Waals surface area contributed by atoms with Gasteiger partial charge in [0.05, 0.1) is 0 Å². The van der Waals surface area contributed by atoms with Gasteiger partial charge in [0.25, 0.3) is 0 Å². The number of carbonyl (C=O) groups is 1. The van der Waals surface area contributed by atoms with Crippen LogP contribution in [0.1, 0.15) is 142 Å². The third kappa shape index (κ3) is 17.8. The minimum atomic E-state index is 0.423. The van der Waals surface area contributed by atoms with Gasteiger partial charge in [0, 0.05) is 19.0 Å². The number of carbonyl (C=O) groups excluding carboxylic acids is 1. The van der Waals surface area contributed by atoms with Crippen LogP contribution in [0.25, 0.3) is 0 Å². The van der Waals surface area contributed by atoms with E-state index < -0.39 is 0 Å². The first-order valence-corrected chi connectivity index (χ1v) is 15.3. The van der Waals surface area contributed by atoms with Crippen molar-refractivity contribution in [2.75, 3.05) is 40.3 Å². The van der Waals surface area contributed by atoms with E-state index in [4.69, 9.17) is 0 Å². The van der Waals surface area contributed by atoms with Crippen molar-refractivity contribution in [2.45, 2.75) is 148 Å². The fraction of sp³-hybridized carbons (Fsp3) is 0.967. The topological polar surface area (TPSA) is 35.6 Å². The van der Waals surface area contributed by atoms with E-state index in [1.54, 1.807) is 0 Å². The average Bonchev–Trinajstić information content (AvgIpc) is 2.83. The zero-order chi connectivity index (χ0) is 24.7. The molecule has 0 spiro atoms. The third-order valence-corrected chi connectivity index (χ3v) is 7.55. The third-order valence-electron chi connectivity index (χ3n) is 7.55. The fourth-order valence-corrected chi connectivity index (χ4v) is 5.33. The van der Waals surface area contributed by atoms with E-state index in [0.29, 0.717) is 11.9 Å². The van der Waals surface area contributed by atoms with E-state index in [0.717, 1.165) is 45.4 Å². The Balaban J connectivity index is 1.96.